The van der Waals surface area contributed by atoms with Crippen LogP contribution in [0.25, 0.3) is 0 Å². The Labute approximate surface area is 130 Å². The van der Waals surface area contributed by atoms with Gasteiger partial charge in [0.25, 0.3) is 5.56 Å². The van der Waals surface area contributed by atoms with Gasteiger partial charge in [-0.05, 0) is 31.5 Å². The summed E-state index contributed by atoms with van der Waals surface area (Å²) in [5, 5.41) is 10.5. The summed E-state index contributed by atoms with van der Waals surface area (Å²) in [6.45, 7) is 3.54. The van der Waals surface area contributed by atoms with E-state index in [0.29, 0.717) is 15.9 Å². The Bertz CT molecular complexity index is 719. The van der Waals surface area contributed by atoms with Crippen molar-refractivity contribution >= 4 is 35.0 Å². The van der Waals surface area contributed by atoms with Gasteiger partial charge >= 0.3 is 0 Å². The number of benzene rings is 1. The van der Waals surface area contributed by atoms with E-state index >= 15 is 0 Å². The van der Waals surface area contributed by atoms with Crippen LogP contribution in [0.3, 0.4) is 0 Å². The molecule has 0 bridgehead atoms. The van der Waals surface area contributed by atoms with E-state index in [-0.39, 0.29) is 11.5 Å². The van der Waals surface area contributed by atoms with E-state index in [9.17, 15) is 9.59 Å². The molecule has 6 nitrogen and oxygen atoms in total. The van der Waals surface area contributed by atoms with Crippen molar-refractivity contribution in [2.45, 2.75) is 24.3 Å². The first-order valence-electron chi connectivity index (χ1n) is 6.12. The first kappa shape index (κ1) is 15.5. The Morgan fingerprint density at radius 1 is 1.48 bits per heavy atom. The number of H-pyrrole nitrogens is 1. The molecular formula is C13H13ClN4O2S. The molecule has 0 spiro atoms. The maximum atomic E-state index is 12.2. The number of hydrogen-bond acceptors (Lipinski definition) is 5. The molecule has 1 atom stereocenters. The molecule has 8 heteroatoms. The largest absolute Gasteiger partial charge is 0.325 e. The molecule has 0 fully saturated rings. The van der Waals surface area contributed by atoms with Crippen molar-refractivity contribution < 1.29 is 4.79 Å². The van der Waals surface area contributed by atoms with Crippen molar-refractivity contribution in [2.24, 2.45) is 0 Å². The Morgan fingerprint density at radius 3 is 2.95 bits per heavy atom. The van der Waals surface area contributed by atoms with Crippen LogP contribution in [0.5, 0.6) is 0 Å². The monoisotopic (exact) mass is 324 g/mol. The van der Waals surface area contributed by atoms with Crippen LogP contribution in [0, 0.1) is 6.92 Å². The topological polar surface area (TPSA) is 87.7 Å². The summed E-state index contributed by atoms with van der Waals surface area (Å²) in [6, 6.07) is 5.30. The molecule has 1 aromatic heterocycles. The minimum atomic E-state index is -0.448. The second-order valence-electron chi connectivity index (χ2n) is 4.30. The number of rotatable bonds is 4. The normalized spacial score (nSPS) is 12.0. The minimum absolute atomic E-state index is 0.211. The van der Waals surface area contributed by atoms with Gasteiger partial charge < -0.3 is 5.32 Å². The zero-order chi connectivity index (χ0) is 15.4. The average Bonchev–Trinajstić information content (AvgIpc) is 2.44. The molecule has 0 unspecified atom stereocenters. The molecule has 2 N–H and O–H groups in total. The van der Waals surface area contributed by atoms with Crippen molar-refractivity contribution in [3.05, 3.63) is 45.3 Å². The van der Waals surface area contributed by atoms with Crippen molar-refractivity contribution in [1.82, 2.24) is 15.2 Å². The summed E-state index contributed by atoms with van der Waals surface area (Å²) in [4.78, 5) is 25.8. The van der Waals surface area contributed by atoms with E-state index in [1.54, 1.807) is 25.1 Å². The molecule has 0 aliphatic heterocycles. The molecule has 1 heterocycles. The molecular weight excluding hydrogens is 312 g/mol. The Morgan fingerprint density at radius 2 is 2.24 bits per heavy atom. The van der Waals surface area contributed by atoms with Crippen molar-refractivity contribution in [2.75, 3.05) is 5.32 Å². The third-order valence-corrected chi connectivity index (χ3v) is 4.12. The van der Waals surface area contributed by atoms with Gasteiger partial charge in [-0.2, -0.15) is 5.10 Å². The summed E-state index contributed by atoms with van der Waals surface area (Å²) in [6.07, 6.45) is 1.07. The van der Waals surface area contributed by atoms with Gasteiger partial charge in [-0.1, -0.05) is 29.4 Å². The summed E-state index contributed by atoms with van der Waals surface area (Å²) < 4.78 is 0. The number of nitrogens with zero attached hydrogens (tertiary/aromatic N) is 2. The van der Waals surface area contributed by atoms with Gasteiger partial charge in [-0.25, -0.2) is 0 Å². The second kappa shape index (κ2) is 6.73. The lowest BCUT2D eigenvalue weighted by Crippen LogP contribution is -2.23. The number of halogens is 1. The lowest BCUT2D eigenvalue weighted by atomic mass is 10.2. The predicted molar refractivity (Wildman–Crippen MR) is 82.8 cm³/mol. The number of carbonyl (C=O) groups excluding carboxylic acids is 1. The fraction of sp³-hybridized carbons (Fsp3) is 0.231. The quantitative estimate of drug-likeness (QED) is 0.842. The smallest absolute Gasteiger partial charge is 0.270 e. The van der Waals surface area contributed by atoms with E-state index in [1.165, 1.54) is 0 Å². The van der Waals surface area contributed by atoms with E-state index in [4.69, 9.17) is 11.6 Å². The van der Waals surface area contributed by atoms with Crippen LogP contribution in [0.2, 0.25) is 5.02 Å². The highest BCUT2D eigenvalue weighted by Crippen LogP contribution is 2.24. The summed E-state index contributed by atoms with van der Waals surface area (Å²) >= 11 is 7.13. The van der Waals surface area contributed by atoms with Crippen LogP contribution in [0.1, 0.15) is 12.5 Å². The number of aromatic amines is 1. The third kappa shape index (κ3) is 4.05. The number of nitrogens with one attached hydrogen (secondary N) is 2. The number of thioether (sulfide) groups is 1. The molecule has 0 aliphatic rings. The van der Waals surface area contributed by atoms with Crippen LogP contribution in [0.15, 0.2) is 34.3 Å². The number of amides is 1. The standard InChI is InChI=1S/C13H13ClN4O2S/c1-7-9(14)4-3-5-10(7)16-12(20)8(2)21-13-17-11(19)6-15-18-13/h3-6,8H,1-2H3,(H,16,20)(H,17,18,19)/t8-/m0/s1. The van der Waals surface area contributed by atoms with Crippen LogP contribution >= 0.6 is 23.4 Å². The highest BCUT2D eigenvalue weighted by molar-refractivity contribution is 8.00. The predicted octanol–water partition coefficient (Wildman–Crippen LogP) is 2.25. The van der Waals surface area contributed by atoms with E-state index in [2.05, 4.69) is 20.5 Å². The molecule has 21 heavy (non-hydrogen) atoms. The first-order chi connectivity index (χ1) is 9.97. The molecule has 1 amide bonds. The van der Waals surface area contributed by atoms with E-state index < -0.39 is 5.25 Å². The van der Waals surface area contributed by atoms with Gasteiger partial charge in [0, 0.05) is 10.7 Å². The number of anilines is 1. The number of aromatic nitrogens is 3. The molecule has 2 aromatic rings. The fourth-order valence-corrected chi connectivity index (χ4v) is 2.48. The molecule has 0 saturated heterocycles. The first-order valence-corrected chi connectivity index (χ1v) is 7.38. The lowest BCUT2D eigenvalue weighted by Gasteiger charge is -2.13. The van der Waals surface area contributed by atoms with Crippen LogP contribution < -0.4 is 10.9 Å². The summed E-state index contributed by atoms with van der Waals surface area (Å²) in [5.74, 6) is -0.211. The van der Waals surface area contributed by atoms with Gasteiger partial charge in [-0.3, -0.25) is 14.6 Å². The van der Waals surface area contributed by atoms with E-state index in [0.717, 1.165) is 23.5 Å². The Hall–Kier alpha value is -1.86. The van der Waals surface area contributed by atoms with Crippen LogP contribution in [-0.4, -0.2) is 26.3 Å². The lowest BCUT2D eigenvalue weighted by molar-refractivity contribution is -0.115. The third-order valence-electron chi connectivity index (χ3n) is 2.74. The molecule has 110 valence electrons. The molecule has 0 aliphatic carbocycles. The Kier molecular flexibility index (Phi) is 4.98. The summed E-state index contributed by atoms with van der Waals surface area (Å²) in [7, 11) is 0. The maximum Gasteiger partial charge on any atom is 0.270 e. The minimum Gasteiger partial charge on any atom is -0.325 e. The van der Waals surface area contributed by atoms with Gasteiger partial charge in [-0.15, -0.1) is 5.10 Å². The summed E-state index contributed by atoms with van der Waals surface area (Å²) in [5.41, 5.74) is 1.11. The molecule has 0 radical (unpaired) electrons. The van der Waals surface area contributed by atoms with Crippen LogP contribution in [0.4, 0.5) is 5.69 Å². The molecule has 2 rings (SSSR count). The van der Waals surface area contributed by atoms with Gasteiger partial charge in [0.2, 0.25) is 5.91 Å². The number of carbonyl (C=O) groups is 1. The van der Waals surface area contributed by atoms with Gasteiger partial charge in [0.15, 0.2) is 5.16 Å². The van der Waals surface area contributed by atoms with Crippen LogP contribution in [-0.2, 0) is 4.79 Å². The van der Waals surface area contributed by atoms with Crippen molar-refractivity contribution in [3.8, 4) is 0 Å². The Balaban J connectivity index is 2.06. The fourth-order valence-electron chi connectivity index (χ4n) is 1.55. The molecule has 0 saturated carbocycles. The zero-order valence-electron chi connectivity index (χ0n) is 11.4. The maximum absolute atomic E-state index is 12.2. The SMILES string of the molecule is Cc1c(Cl)cccc1NC(=O)[C@H](C)Sc1nncc(=O)[nH]1. The average molecular weight is 325 g/mol. The highest BCUT2D eigenvalue weighted by atomic mass is 35.5. The second-order valence-corrected chi connectivity index (χ2v) is 6.04. The number of hydrogen-bond donors (Lipinski definition) is 2. The van der Waals surface area contributed by atoms with Gasteiger partial charge in [0.1, 0.15) is 6.20 Å². The van der Waals surface area contributed by atoms with Crippen molar-refractivity contribution in [1.29, 1.82) is 0 Å². The van der Waals surface area contributed by atoms with Gasteiger partial charge in [0.05, 0.1) is 5.25 Å². The highest BCUT2D eigenvalue weighted by Gasteiger charge is 2.17. The molecule has 1 aromatic carbocycles. The van der Waals surface area contributed by atoms with Crippen molar-refractivity contribution in [3.63, 3.8) is 0 Å². The van der Waals surface area contributed by atoms with E-state index in [1.807, 2.05) is 6.92 Å². The zero-order valence-corrected chi connectivity index (χ0v) is 13.0.